The molecule has 1 amide bonds. The van der Waals surface area contributed by atoms with Crippen molar-refractivity contribution in [2.24, 2.45) is 5.92 Å². The Kier molecular flexibility index (Phi) is 5.71. The number of aliphatic hydroxyl groups excluding tert-OH is 1. The van der Waals surface area contributed by atoms with Crippen molar-refractivity contribution in [3.63, 3.8) is 0 Å². The van der Waals surface area contributed by atoms with E-state index in [1.54, 1.807) is 0 Å². The first-order chi connectivity index (χ1) is 10.4. The number of β-amino-alcohol motifs (C(OH)–C–C–N with tert-alkyl or cyclic N) is 1. The molecule has 3 N–H and O–H groups in total. The summed E-state index contributed by atoms with van der Waals surface area (Å²) in [6, 6.07) is 4.89. The summed E-state index contributed by atoms with van der Waals surface area (Å²) in [6.45, 7) is 1.51. The molecule has 2 atom stereocenters. The summed E-state index contributed by atoms with van der Waals surface area (Å²) < 4.78 is 37.7. The molecular weight excluding hydrogens is 317 g/mol. The molecule has 8 heteroatoms. The molecule has 1 aromatic rings. The van der Waals surface area contributed by atoms with Crippen LogP contribution in [0.5, 0.6) is 0 Å². The highest BCUT2D eigenvalue weighted by molar-refractivity contribution is 8.00. The van der Waals surface area contributed by atoms with Crippen molar-refractivity contribution >= 4 is 17.7 Å². The number of halogens is 3. The Bertz CT molecular complexity index is 525. The van der Waals surface area contributed by atoms with Gasteiger partial charge in [0.25, 0.3) is 0 Å². The summed E-state index contributed by atoms with van der Waals surface area (Å²) in [7, 11) is 0. The standard InChI is InChI=1S/C14H17F3N2O2S/c15-14(16,17)10-2-1-3-11(4-10)22-8-13(21)19-6-9-5-18-7-12(9)20/h1-4,9,12,18,20H,5-8H2,(H,19,21). The van der Waals surface area contributed by atoms with Crippen LogP contribution in [-0.2, 0) is 11.0 Å². The van der Waals surface area contributed by atoms with Gasteiger partial charge in [-0.1, -0.05) is 6.07 Å². The van der Waals surface area contributed by atoms with Crippen molar-refractivity contribution in [2.75, 3.05) is 25.4 Å². The van der Waals surface area contributed by atoms with Gasteiger partial charge in [-0.25, -0.2) is 0 Å². The van der Waals surface area contributed by atoms with Crippen molar-refractivity contribution in [3.8, 4) is 0 Å². The number of hydrogen-bond acceptors (Lipinski definition) is 4. The molecule has 1 aromatic carbocycles. The van der Waals surface area contributed by atoms with Crippen molar-refractivity contribution in [1.29, 1.82) is 0 Å². The van der Waals surface area contributed by atoms with Crippen LogP contribution in [-0.4, -0.2) is 42.5 Å². The number of nitrogens with one attached hydrogen (secondary N) is 2. The van der Waals surface area contributed by atoms with Crippen molar-refractivity contribution in [2.45, 2.75) is 17.2 Å². The summed E-state index contributed by atoms with van der Waals surface area (Å²) in [6.07, 6.45) is -4.86. The van der Waals surface area contributed by atoms with Gasteiger partial charge in [0.15, 0.2) is 0 Å². The molecule has 0 aliphatic carbocycles. The number of thioether (sulfide) groups is 1. The van der Waals surface area contributed by atoms with E-state index in [4.69, 9.17) is 0 Å². The third-order valence-electron chi connectivity index (χ3n) is 3.40. The lowest BCUT2D eigenvalue weighted by atomic mass is 10.1. The molecule has 1 aliphatic rings. The van der Waals surface area contributed by atoms with Gasteiger partial charge in [-0.05, 0) is 18.2 Å². The normalized spacial score (nSPS) is 21.8. The molecule has 1 fully saturated rings. The van der Waals surface area contributed by atoms with E-state index in [9.17, 15) is 23.1 Å². The minimum atomic E-state index is -4.38. The largest absolute Gasteiger partial charge is 0.416 e. The van der Waals surface area contributed by atoms with Crippen molar-refractivity contribution in [3.05, 3.63) is 29.8 Å². The Hall–Kier alpha value is -1.25. The Morgan fingerprint density at radius 1 is 1.41 bits per heavy atom. The van der Waals surface area contributed by atoms with E-state index < -0.39 is 17.8 Å². The average molecular weight is 334 g/mol. The highest BCUT2D eigenvalue weighted by atomic mass is 32.2. The van der Waals surface area contributed by atoms with Crippen LogP contribution in [0.3, 0.4) is 0 Å². The Morgan fingerprint density at radius 3 is 2.82 bits per heavy atom. The zero-order chi connectivity index (χ0) is 16.2. The number of alkyl halides is 3. The van der Waals surface area contributed by atoms with E-state index >= 15 is 0 Å². The van der Waals surface area contributed by atoms with Gasteiger partial charge < -0.3 is 15.7 Å². The lowest BCUT2D eigenvalue weighted by molar-refractivity contribution is -0.137. The maximum atomic E-state index is 12.6. The smallest absolute Gasteiger partial charge is 0.391 e. The van der Waals surface area contributed by atoms with Crippen LogP contribution in [0.25, 0.3) is 0 Å². The first kappa shape index (κ1) is 17.1. The summed E-state index contributed by atoms with van der Waals surface area (Å²) in [5.41, 5.74) is -0.724. The molecule has 1 heterocycles. The average Bonchev–Trinajstić information content (AvgIpc) is 2.88. The Morgan fingerprint density at radius 2 is 2.18 bits per heavy atom. The molecule has 22 heavy (non-hydrogen) atoms. The summed E-state index contributed by atoms with van der Waals surface area (Å²) in [5.74, 6) is -0.249. The Labute approximate surface area is 130 Å². The van der Waals surface area contributed by atoms with Gasteiger partial charge in [0, 0.05) is 30.4 Å². The minimum absolute atomic E-state index is 0.0255. The van der Waals surface area contributed by atoms with Crippen LogP contribution in [0.15, 0.2) is 29.2 Å². The van der Waals surface area contributed by atoms with E-state index in [0.717, 1.165) is 23.9 Å². The first-order valence-electron chi connectivity index (χ1n) is 6.82. The van der Waals surface area contributed by atoms with Crippen LogP contribution in [0, 0.1) is 5.92 Å². The Balaban J connectivity index is 1.79. The van der Waals surface area contributed by atoms with Crippen molar-refractivity contribution < 1.29 is 23.1 Å². The van der Waals surface area contributed by atoms with Gasteiger partial charge in [-0.15, -0.1) is 11.8 Å². The fraction of sp³-hybridized carbons (Fsp3) is 0.500. The van der Waals surface area contributed by atoms with E-state index in [-0.39, 0.29) is 17.6 Å². The zero-order valence-electron chi connectivity index (χ0n) is 11.7. The van der Waals surface area contributed by atoms with Gasteiger partial charge >= 0.3 is 6.18 Å². The van der Waals surface area contributed by atoms with E-state index in [1.807, 2.05) is 0 Å². The molecule has 122 valence electrons. The number of rotatable bonds is 5. The monoisotopic (exact) mass is 334 g/mol. The molecule has 0 saturated carbocycles. The molecule has 1 saturated heterocycles. The second-order valence-electron chi connectivity index (χ2n) is 5.10. The molecule has 1 aliphatic heterocycles. The molecular formula is C14H17F3N2O2S. The predicted molar refractivity (Wildman–Crippen MR) is 77.5 cm³/mol. The van der Waals surface area contributed by atoms with E-state index in [1.165, 1.54) is 12.1 Å². The topological polar surface area (TPSA) is 61.4 Å². The molecule has 0 radical (unpaired) electrons. The fourth-order valence-electron chi connectivity index (χ4n) is 2.13. The molecule has 0 aromatic heterocycles. The number of benzene rings is 1. The van der Waals surface area contributed by atoms with Crippen LogP contribution >= 0.6 is 11.8 Å². The van der Waals surface area contributed by atoms with Gasteiger partial charge in [0.05, 0.1) is 17.4 Å². The fourth-order valence-corrected chi connectivity index (χ4v) is 2.92. The molecule has 0 bridgehead atoms. The van der Waals surface area contributed by atoms with Crippen LogP contribution in [0.2, 0.25) is 0 Å². The summed E-state index contributed by atoms with van der Waals surface area (Å²) >= 11 is 1.05. The van der Waals surface area contributed by atoms with E-state index in [0.29, 0.717) is 24.5 Å². The minimum Gasteiger partial charge on any atom is -0.391 e. The van der Waals surface area contributed by atoms with Gasteiger partial charge in [-0.2, -0.15) is 13.2 Å². The third-order valence-corrected chi connectivity index (χ3v) is 4.39. The second-order valence-corrected chi connectivity index (χ2v) is 6.15. The number of carbonyl (C=O) groups is 1. The van der Waals surface area contributed by atoms with Crippen molar-refractivity contribution in [1.82, 2.24) is 10.6 Å². The maximum absolute atomic E-state index is 12.6. The highest BCUT2D eigenvalue weighted by Crippen LogP contribution is 2.31. The third kappa shape index (κ3) is 4.89. The number of carbonyl (C=O) groups excluding carboxylic acids is 1. The quantitative estimate of drug-likeness (QED) is 0.714. The molecule has 2 rings (SSSR count). The lowest BCUT2D eigenvalue weighted by Gasteiger charge is -2.14. The first-order valence-corrected chi connectivity index (χ1v) is 7.80. The SMILES string of the molecule is O=C(CSc1cccc(C(F)(F)F)c1)NCC1CNCC1O. The second kappa shape index (κ2) is 7.34. The maximum Gasteiger partial charge on any atom is 0.416 e. The van der Waals surface area contributed by atoms with E-state index in [2.05, 4.69) is 10.6 Å². The number of amides is 1. The zero-order valence-corrected chi connectivity index (χ0v) is 12.5. The lowest BCUT2D eigenvalue weighted by Crippen LogP contribution is -2.35. The number of aliphatic hydroxyl groups is 1. The van der Waals surface area contributed by atoms with Crippen LogP contribution in [0.4, 0.5) is 13.2 Å². The number of hydrogen-bond donors (Lipinski definition) is 3. The van der Waals surface area contributed by atoms with Gasteiger partial charge in [-0.3, -0.25) is 4.79 Å². The summed E-state index contributed by atoms with van der Waals surface area (Å²) in [5, 5.41) is 15.3. The van der Waals surface area contributed by atoms with Crippen LogP contribution < -0.4 is 10.6 Å². The predicted octanol–water partition coefficient (Wildman–Crippen LogP) is 1.49. The van der Waals surface area contributed by atoms with Crippen LogP contribution in [0.1, 0.15) is 5.56 Å². The molecule has 4 nitrogen and oxygen atoms in total. The molecule has 0 spiro atoms. The molecule has 2 unspecified atom stereocenters. The summed E-state index contributed by atoms with van der Waals surface area (Å²) in [4.78, 5) is 12.1. The van der Waals surface area contributed by atoms with Gasteiger partial charge in [0.1, 0.15) is 0 Å². The highest BCUT2D eigenvalue weighted by Gasteiger charge is 2.30. The van der Waals surface area contributed by atoms with Gasteiger partial charge in [0.2, 0.25) is 5.91 Å².